The number of hydrogen-bond acceptors (Lipinski definition) is 2. The van der Waals surface area contributed by atoms with Gasteiger partial charge in [-0.2, -0.15) is 0 Å². The minimum atomic E-state index is 0.534. The van der Waals surface area contributed by atoms with Gasteiger partial charge in [0, 0.05) is 6.04 Å². The molecule has 0 spiro atoms. The Kier molecular flexibility index (Phi) is 3.20. The van der Waals surface area contributed by atoms with Crippen molar-refractivity contribution < 1.29 is 0 Å². The zero-order valence-corrected chi connectivity index (χ0v) is 11.3. The van der Waals surface area contributed by atoms with Gasteiger partial charge in [-0.25, -0.2) is 4.98 Å². The molecule has 17 heavy (non-hydrogen) atoms. The topological polar surface area (TPSA) is 31.9 Å². The molecule has 0 fully saturated rings. The van der Waals surface area contributed by atoms with Crippen molar-refractivity contribution in [3.05, 3.63) is 29.1 Å². The second-order valence-corrected chi connectivity index (χ2v) is 5.15. The molecule has 3 heteroatoms. The molecule has 0 bridgehead atoms. The lowest BCUT2D eigenvalue weighted by Gasteiger charge is -2.19. The van der Waals surface area contributed by atoms with Gasteiger partial charge in [0.05, 0.1) is 17.6 Å². The maximum Gasteiger partial charge on any atom is 0.121 e. The zero-order chi connectivity index (χ0) is 12.6. The molecule has 0 aliphatic heterocycles. The molecular formula is C14H21N3. The standard InChI is InChI=1S/C14H21N3/c1-9(2)17(5)8-14-15-12-6-10(3)11(4)7-13(12)16-14/h6-7,9H,8H2,1-5H3,(H,15,16). The van der Waals surface area contributed by atoms with Crippen LogP contribution in [0.4, 0.5) is 0 Å². The summed E-state index contributed by atoms with van der Waals surface area (Å²) >= 11 is 0. The van der Waals surface area contributed by atoms with E-state index < -0.39 is 0 Å². The third kappa shape index (κ3) is 2.50. The van der Waals surface area contributed by atoms with Crippen molar-refractivity contribution >= 4 is 11.0 Å². The van der Waals surface area contributed by atoms with E-state index in [-0.39, 0.29) is 0 Å². The second-order valence-electron chi connectivity index (χ2n) is 5.15. The van der Waals surface area contributed by atoms with Crippen LogP contribution in [0, 0.1) is 13.8 Å². The summed E-state index contributed by atoms with van der Waals surface area (Å²) in [6.45, 7) is 9.51. The van der Waals surface area contributed by atoms with Crippen molar-refractivity contribution in [3.63, 3.8) is 0 Å². The van der Waals surface area contributed by atoms with Crippen LogP contribution in [0.2, 0.25) is 0 Å². The third-order valence-corrected chi connectivity index (χ3v) is 3.43. The Balaban J connectivity index is 2.32. The highest BCUT2D eigenvalue weighted by atomic mass is 15.1. The summed E-state index contributed by atoms with van der Waals surface area (Å²) < 4.78 is 0. The first-order chi connectivity index (χ1) is 7.97. The maximum absolute atomic E-state index is 4.64. The van der Waals surface area contributed by atoms with Crippen LogP contribution in [0.1, 0.15) is 30.8 Å². The molecule has 2 aromatic rings. The fourth-order valence-corrected chi connectivity index (χ4v) is 1.82. The molecule has 0 aliphatic carbocycles. The van der Waals surface area contributed by atoms with Crippen LogP contribution in [0.5, 0.6) is 0 Å². The lowest BCUT2D eigenvalue weighted by molar-refractivity contribution is 0.260. The van der Waals surface area contributed by atoms with Gasteiger partial charge in [-0.1, -0.05) is 0 Å². The summed E-state index contributed by atoms with van der Waals surface area (Å²) in [6.07, 6.45) is 0. The SMILES string of the molecule is Cc1cc2nc(CN(C)C(C)C)[nH]c2cc1C. The second kappa shape index (κ2) is 4.49. The van der Waals surface area contributed by atoms with Crippen LogP contribution in [-0.2, 0) is 6.54 Å². The molecular weight excluding hydrogens is 210 g/mol. The number of hydrogen-bond donors (Lipinski definition) is 1. The number of H-pyrrole nitrogens is 1. The van der Waals surface area contributed by atoms with E-state index in [2.05, 4.69) is 61.7 Å². The molecule has 0 unspecified atom stereocenters. The van der Waals surface area contributed by atoms with Crippen LogP contribution in [0.3, 0.4) is 0 Å². The molecule has 0 saturated heterocycles. The summed E-state index contributed by atoms with van der Waals surface area (Å²) in [6, 6.07) is 4.86. The number of aromatic amines is 1. The highest BCUT2D eigenvalue weighted by molar-refractivity contribution is 5.77. The van der Waals surface area contributed by atoms with Gasteiger partial charge in [-0.05, 0) is 58.0 Å². The van der Waals surface area contributed by atoms with Gasteiger partial charge in [0.25, 0.3) is 0 Å². The Labute approximate surface area is 103 Å². The van der Waals surface area contributed by atoms with Crippen molar-refractivity contribution in [2.24, 2.45) is 0 Å². The molecule has 0 aliphatic rings. The van der Waals surface area contributed by atoms with Crippen LogP contribution in [0.15, 0.2) is 12.1 Å². The zero-order valence-electron chi connectivity index (χ0n) is 11.3. The largest absolute Gasteiger partial charge is 0.341 e. The van der Waals surface area contributed by atoms with Crippen molar-refractivity contribution in [3.8, 4) is 0 Å². The Hall–Kier alpha value is -1.35. The monoisotopic (exact) mass is 231 g/mol. The predicted molar refractivity (Wildman–Crippen MR) is 72.2 cm³/mol. The first kappa shape index (κ1) is 12.1. The molecule has 0 radical (unpaired) electrons. The highest BCUT2D eigenvalue weighted by Gasteiger charge is 2.09. The quantitative estimate of drug-likeness (QED) is 0.880. The molecule has 1 N–H and O–H groups in total. The maximum atomic E-state index is 4.64. The van der Waals surface area contributed by atoms with E-state index in [1.54, 1.807) is 0 Å². The van der Waals surface area contributed by atoms with Crippen LogP contribution >= 0.6 is 0 Å². The van der Waals surface area contributed by atoms with Gasteiger partial charge in [0.1, 0.15) is 5.82 Å². The third-order valence-electron chi connectivity index (χ3n) is 3.43. The summed E-state index contributed by atoms with van der Waals surface area (Å²) in [7, 11) is 2.12. The molecule has 0 atom stereocenters. The first-order valence-electron chi connectivity index (χ1n) is 6.13. The lowest BCUT2D eigenvalue weighted by atomic mass is 10.1. The summed E-state index contributed by atoms with van der Waals surface area (Å²) in [4.78, 5) is 10.3. The van der Waals surface area contributed by atoms with Gasteiger partial charge >= 0.3 is 0 Å². The Morgan fingerprint density at radius 1 is 1.24 bits per heavy atom. The molecule has 1 aromatic carbocycles. The highest BCUT2D eigenvalue weighted by Crippen LogP contribution is 2.17. The molecule has 2 rings (SSSR count). The summed E-state index contributed by atoms with van der Waals surface area (Å²) in [5.41, 5.74) is 4.82. The number of imidazole rings is 1. The molecule has 1 heterocycles. The van der Waals surface area contributed by atoms with Crippen LogP contribution < -0.4 is 0 Å². The fraction of sp³-hybridized carbons (Fsp3) is 0.500. The number of aromatic nitrogens is 2. The lowest BCUT2D eigenvalue weighted by Crippen LogP contribution is -2.26. The van der Waals surface area contributed by atoms with Crippen molar-refractivity contribution in [1.82, 2.24) is 14.9 Å². The minimum Gasteiger partial charge on any atom is -0.341 e. The molecule has 0 amide bonds. The average molecular weight is 231 g/mol. The molecule has 0 saturated carbocycles. The normalized spacial score (nSPS) is 11.9. The Morgan fingerprint density at radius 2 is 1.88 bits per heavy atom. The van der Waals surface area contributed by atoms with E-state index in [4.69, 9.17) is 0 Å². The fourth-order valence-electron chi connectivity index (χ4n) is 1.82. The average Bonchev–Trinajstić information content (AvgIpc) is 2.60. The summed E-state index contributed by atoms with van der Waals surface area (Å²) in [5, 5.41) is 0. The smallest absolute Gasteiger partial charge is 0.121 e. The van der Waals surface area contributed by atoms with Gasteiger partial charge in [-0.3, -0.25) is 4.90 Å². The van der Waals surface area contributed by atoms with E-state index in [0.29, 0.717) is 6.04 Å². The van der Waals surface area contributed by atoms with E-state index in [1.807, 2.05) is 0 Å². The Morgan fingerprint density at radius 3 is 2.53 bits per heavy atom. The number of rotatable bonds is 3. The van der Waals surface area contributed by atoms with E-state index in [0.717, 1.165) is 23.4 Å². The number of fused-ring (bicyclic) bond motifs is 1. The van der Waals surface area contributed by atoms with E-state index >= 15 is 0 Å². The van der Waals surface area contributed by atoms with Crippen molar-refractivity contribution in [2.45, 2.75) is 40.3 Å². The summed E-state index contributed by atoms with van der Waals surface area (Å²) in [5.74, 6) is 1.04. The minimum absolute atomic E-state index is 0.534. The number of aryl methyl sites for hydroxylation is 2. The van der Waals surface area contributed by atoms with E-state index in [1.165, 1.54) is 11.1 Å². The number of nitrogens with one attached hydrogen (secondary N) is 1. The first-order valence-corrected chi connectivity index (χ1v) is 6.13. The molecule has 1 aromatic heterocycles. The number of benzene rings is 1. The van der Waals surface area contributed by atoms with Gasteiger partial charge in [0.15, 0.2) is 0 Å². The van der Waals surface area contributed by atoms with Gasteiger partial charge < -0.3 is 4.98 Å². The Bertz CT molecular complexity index is 486. The van der Waals surface area contributed by atoms with Crippen LogP contribution in [0.25, 0.3) is 11.0 Å². The number of nitrogens with zero attached hydrogens (tertiary/aromatic N) is 2. The molecule has 92 valence electrons. The van der Waals surface area contributed by atoms with E-state index in [9.17, 15) is 0 Å². The van der Waals surface area contributed by atoms with Gasteiger partial charge in [0.2, 0.25) is 0 Å². The van der Waals surface area contributed by atoms with Gasteiger partial charge in [-0.15, -0.1) is 0 Å². The van der Waals surface area contributed by atoms with Crippen LogP contribution in [-0.4, -0.2) is 28.0 Å². The predicted octanol–water partition coefficient (Wildman–Crippen LogP) is 3.02. The van der Waals surface area contributed by atoms with Crippen molar-refractivity contribution in [2.75, 3.05) is 7.05 Å². The van der Waals surface area contributed by atoms with Crippen molar-refractivity contribution in [1.29, 1.82) is 0 Å². The molecule has 3 nitrogen and oxygen atoms in total.